The second-order valence-electron chi connectivity index (χ2n) is 4.06. The van der Waals surface area contributed by atoms with Gasteiger partial charge in [-0.05, 0) is 49.0 Å². The molecule has 1 aliphatic rings. The van der Waals surface area contributed by atoms with Crippen LogP contribution in [0.25, 0.3) is 0 Å². The van der Waals surface area contributed by atoms with Crippen LogP contribution >= 0.6 is 11.8 Å². The van der Waals surface area contributed by atoms with E-state index in [4.69, 9.17) is 0 Å². The normalized spacial score (nSPS) is 20.1. The van der Waals surface area contributed by atoms with Gasteiger partial charge in [-0.25, -0.2) is 0 Å². The smallest absolute Gasteiger partial charge is 0.0295 e. The van der Waals surface area contributed by atoms with Crippen LogP contribution in [0.5, 0.6) is 0 Å². The molecule has 1 aromatic rings. The van der Waals surface area contributed by atoms with Crippen molar-refractivity contribution in [1.82, 2.24) is 10.3 Å². The fourth-order valence-corrected chi connectivity index (χ4v) is 3.07. The SMILES string of the molecule is C[C@@H](NC1CCSCC1)c1ccncc1. The van der Waals surface area contributed by atoms with Gasteiger partial charge < -0.3 is 5.32 Å². The second-order valence-corrected chi connectivity index (χ2v) is 5.28. The van der Waals surface area contributed by atoms with Crippen molar-refractivity contribution in [3.05, 3.63) is 30.1 Å². The first-order valence-corrected chi connectivity index (χ1v) is 6.75. The van der Waals surface area contributed by atoms with Crippen LogP contribution in [-0.4, -0.2) is 22.5 Å². The Morgan fingerprint density at radius 3 is 2.67 bits per heavy atom. The minimum Gasteiger partial charge on any atom is -0.307 e. The largest absolute Gasteiger partial charge is 0.307 e. The van der Waals surface area contributed by atoms with Crippen molar-refractivity contribution in [2.24, 2.45) is 0 Å². The molecule has 2 rings (SSSR count). The third-order valence-corrected chi connectivity index (χ3v) is 3.96. The number of rotatable bonds is 3. The lowest BCUT2D eigenvalue weighted by atomic mass is 10.1. The van der Waals surface area contributed by atoms with Crippen LogP contribution in [0.1, 0.15) is 31.4 Å². The molecular weight excluding hydrogens is 204 g/mol. The van der Waals surface area contributed by atoms with Crippen LogP contribution in [-0.2, 0) is 0 Å². The lowest BCUT2D eigenvalue weighted by molar-refractivity contribution is 0.431. The van der Waals surface area contributed by atoms with E-state index in [1.807, 2.05) is 12.4 Å². The molecule has 3 heteroatoms. The summed E-state index contributed by atoms with van der Waals surface area (Å²) in [7, 11) is 0. The summed E-state index contributed by atoms with van der Waals surface area (Å²) in [6, 6.07) is 5.33. The van der Waals surface area contributed by atoms with E-state index in [9.17, 15) is 0 Å². The van der Waals surface area contributed by atoms with Crippen LogP contribution < -0.4 is 5.32 Å². The molecule has 1 aromatic heterocycles. The first-order chi connectivity index (χ1) is 7.36. The Labute approximate surface area is 95.9 Å². The predicted octanol–water partition coefficient (Wildman–Crippen LogP) is 2.63. The maximum Gasteiger partial charge on any atom is 0.0295 e. The van der Waals surface area contributed by atoms with E-state index < -0.39 is 0 Å². The van der Waals surface area contributed by atoms with Gasteiger partial charge in [-0.3, -0.25) is 4.98 Å². The molecule has 0 aromatic carbocycles. The van der Waals surface area contributed by atoms with Crippen molar-refractivity contribution < 1.29 is 0 Å². The molecule has 15 heavy (non-hydrogen) atoms. The van der Waals surface area contributed by atoms with Crippen LogP contribution in [0.2, 0.25) is 0 Å². The maximum atomic E-state index is 4.04. The second kappa shape index (κ2) is 5.52. The molecule has 0 spiro atoms. The van der Waals surface area contributed by atoms with Crippen LogP contribution in [0.4, 0.5) is 0 Å². The summed E-state index contributed by atoms with van der Waals surface area (Å²) in [5, 5.41) is 3.69. The van der Waals surface area contributed by atoms with Gasteiger partial charge in [0.1, 0.15) is 0 Å². The molecule has 82 valence electrons. The molecule has 0 unspecified atom stereocenters. The Hall–Kier alpha value is -0.540. The Morgan fingerprint density at radius 2 is 2.00 bits per heavy atom. The summed E-state index contributed by atoms with van der Waals surface area (Å²) >= 11 is 2.07. The number of pyridine rings is 1. The molecule has 1 saturated heterocycles. The van der Waals surface area contributed by atoms with Gasteiger partial charge in [0.15, 0.2) is 0 Å². The highest BCUT2D eigenvalue weighted by Gasteiger charge is 2.16. The van der Waals surface area contributed by atoms with Crippen LogP contribution in [0.3, 0.4) is 0 Å². The summed E-state index contributed by atoms with van der Waals surface area (Å²) in [5.74, 6) is 2.61. The minimum absolute atomic E-state index is 0.445. The molecule has 0 amide bonds. The zero-order valence-corrected chi connectivity index (χ0v) is 9.96. The van der Waals surface area contributed by atoms with Gasteiger partial charge in [-0.1, -0.05) is 0 Å². The van der Waals surface area contributed by atoms with Crippen molar-refractivity contribution in [1.29, 1.82) is 0 Å². The van der Waals surface area contributed by atoms with Crippen LogP contribution in [0.15, 0.2) is 24.5 Å². The van der Waals surface area contributed by atoms with E-state index in [0.717, 1.165) is 0 Å². The van der Waals surface area contributed by atoms with Crippen molar-refractivity contribution in [2.45, 2.75) is 31.8 Å². The number of hydrogen-bond acceptors (Lipinski definition) is 3. The van der Waals surface area contributed by atoms with Crippen molar-refractivity contribution in [2.75, 3.05) is 11.5 Å². The van der Waals surface area contributed by atoms with E-state index in [1.54, 1.807) is 0 Å². The maximum absolute atomic E-state index is 4.04. The molecule has 2 nitrogen and oxygen atoms in total. The van der Waals surface area contributed by atoms with Crippen molar-refractivity contribution in [3.63, 3.8) is 0 Å². The first-order valence-electron chi connectivity index (χ1n) is 5.60. The molecule has 1 fully saturated rings. The highest BCUT2D eigenvalue weighted by molar-refractivity contribution is 7.99. The Kier molecular flexibility index (Phi) is 4.03. The standard InChI is InChI=1S/C12H18N2S/c1-10(11-2-6-13-7-3-11)14-12-4-8-15-9-5-12/h2-3,6-7,10,12,14H,4-5,8-9H2,1H3/t10-/m1/s1. The quantitative estimate of drug-likeness (QED) is 0.851. The van der Waals surface area contributed by atoms with Crippen molar-refractivity contribution >= 4 is 11.8 Å². The average Bonchev–Trinajstić information content (AvgIpc) is 2.31. The van der Waals surface area contributed by atoms with E-state index >= 15 is 0 Å². The fourth-order valence-electron chi connectivity index (χ4n) is 1.97. The lowest BCUT2D eigenvalue weighted by Gasteiger charge is -2.26. The summed E-state index contributed by atoms with van der Waals surface area (Å²) in [6.45, 7) is 2.23. The molecule has 0 bridgehead atoms. The van der Waals surface area contributed by atoms with Gasteiger partial charge in [-0.2, -0.15) is 11.8 Å². The number of thioether (sulfide) groups is 1. The number of nitrogens with zero attached hydrogens (tertiary/aromatic N) is 1. The number of hydrogen-bond donors (Lipinski definition) is 1. The molecule has 1 aliphatic heterocycles. The van der Waals surface area contributed by atoms with E-state index in [1.165, 1.54) is 29.9 Å². The van der Waals surface area contributed by atoms with E-state index in [2.05, 4.69) is 41.1 Å². The highest BCUT2D eigenvalue weighted by Crippen LogP contribution is 2.20. The fraction of sp³-hybridized carbons (Fsp3) is 0.583. The first kappa shape index (κ1) is 11.0. The van der Waals surface area contributed by atoms with E-state index in [0.29, 0.717) is 12.1 Å². The van der Waals surface area contributed by atoms with Gasteiger partial charge in [0.25, 0.3) is 0 Å². The molecule has 1 N–H and O–H groups in total. The minimum atomic E-state index is 0.445. The van der Waals surface area contributed by atoms with Gasteiger partial charge in [0.2, 0.25) is 0 Å². The third kappa shape index (κ3) is 3.21. The van der Waals surface area contributed by atoms with Gasteiger partial charge in [0, 0.05) is 24.5 Å². The molecule has 2 heterocycles. The third-order valence-electron chi connectivity index (χ3n) is 2.91. The summed E-state index contributed by atoms with van der Waals surface area (Å²) in [4.78, 5) is 4.04. The monoisotopic (exact) mass is 222 g/mol. The highest BCUT2D eigenvalue weighted by atomic mass is 32.2. The number of aromatic nitrogens is 1. The zero-order chi connectivity index (χ0) is 10.5. The van der Waals surface area contributed by atoms with Crippen molar-refractivity contribution in [3.8, 4) is 0 Å². The summed E-state index contributed by atoms with van der Waals surface area (Å²) < 4.78 is 0. The lowest BCUT2D eigenvalue weighted by Crippen LogP contribution is -2.34. The van der Waals surface area contributed by atoms with E-state index in [-0.39, 0.29) is 0 Å². The Morgan fingerprint density at radius 1 is 1.33 bits per heavy atom. The predicted molar refractivity (Wildman–Crippen MR) is 66.1 cm³/mol. The zero-order valence-electron chi connectivity index (χ0n) is 9.15. The Bertz CT molecular complexity index is 283. The van der Waals surface area contributed by atoms with Crippen LogP contribution in [0, 0.1) is 0 Å². The average molecular weight is 222 g/mol. The number of nitrogens with one attached hydrogen (secondary N) is 1. The summed E-state index contributed by atoms with van der Waals surface area (Å²) in [6.07, 6.45) is 6.34. The Balaban J connectivity index is 1.88. The molecule has 0 radical (unpaired) electrons. The van der Waals surface area contributed by atoms with Gasteiger partial charge in [-0.15, -0.1) is 0 Å². The molecular formula is C12H18N2S. The molecule has 0 saturated carbocycles. The molecule has 0 aliphatic carbocycles. The van der Waals surface area contributed by atoms with Gasteiger partial charge in [0.05, 0.1) is 0 Å². The topological polar surface area (TPSA) is 24.9 Å². The molecule has 1 atom stereocenters. The van der Waals surface area contributed by atoms with Gasteiger partial charge >= 0.3 is 0 Å². The summed E-state index contributed by atoms with van der Waals surface area (Å²) in [5.41, 5.74) is 1.34.